The molecular formula is C11H20N2O. The highest BCUT2D eigenvalue weighted by molar-refractivity contribution is 5.84. The fourth-order valence-electron chi connectivity index (χ4n) is 2.98. The van der Waals surface area contributed by atoms with Crippen LogP contribution in [-0.2, 0) is 4.79 Å². The lowest BCUT2D eigenvalue weighted by atomic mass is 9.92. The first-order valence-electron chi connectivity index (χ1n) is 5.78. The molecule has 2 heterocycles. The van der Waals surface area contributed by atoms with E-state index in [-0.39, 0.29) is 6.04 Å². The molecule has 2 fully saturated rings. The highest BCUT2D eigenvalue weighted by Gasteiger charge is 2.45. The molecule has 3 heteroatoms. The molecule has 1 N–H and O–H groups in total. The number of carbonyl (C=O) groups is 1. The van der Waals surface area contributed by atoms with Crippen LogP contribution < -0.4 is 5.32 Å². The molecule has 3 nitrogen and oxygen atoms in total. The van der Waals surface area contributed by atoms with Crippen LogP contribution in [0.5, 0.6) is 0 Å². The van der Waals surface area contributed by atoms with Crippen LogP contribution in [0.1, 0.15) is 26.7 Å². The molecule has 0 aromatic carbocycles. The summed E-state index contributed by atoms with van der Waals surface area (Å²) in [6.45, 7) is 7.30. The molecule has 80 valence electrons. The quantitative estimate of drug-likeness (QED) is 0.719. The summed E-state index contributed by atoms with van der Waals surface area (Å²) in [7, 11) is 0. The number of likely N-dealkylation sites (tertiary alicyclic amines) is 1. The zero-order valence-corrected chi connectivity index (χ0v) is 9.12. The molecule has 0 saturated carbocycles. The normalized spacial score (nSPS) is 37.4. The van der Waals surface area contributed by atoms with Gasteiger partial charge in [-0.05, 0) is 25.4 Å². The molecule has 0 aromatic rings. The van der Waals surface area contributed by atoms with E-state index in [1.54, 1.807) is 0 Å². The lowest BCUT2D eigenvalue weighted by Gasteiger charge is -2.24. The van der Waals surface area contributed by atoms with E-state index in [1.165, 1.54) is 6.42 Å². The van der Waals surface area contributed by atoms with Crippen molar-refractivity contribution in [2.24, 2.45) is 5.92 Å². The Morgan fingerprint density at radius 3 is 2.93 bits per heavy atom. The van der Waals surface area contributed by atoms with Crippen molar-refractivity contribution >= 4 is 5.78 Å². The van der Waals surface area contributed by atoms with Crippen LogP contribution in [0.4, 0.5) is 0 Å². The molecule has 2 aliphatic rings. The second kappa shape index (κ2) is 3.99. The van der Waals surface area contributed by atoms with Gasteiger partial charge >= 0.3 is 0 Å². The third kappa shape index (κ3) is 1.48. The number of nitrogens with one attached hydrogen (secondary N) is 1. The van der Waals surface area contributed by atoms with E-state index in [2.05, 4.69) is 17.1 Å². The molecule has 2 aliphatic heterocycles. The Labute approximate surface area is 85.8 Å². The first-order chi connectivity index (χ1) is 6.77. The predicted molar refractivity (Wildman–Crippen MR) is 56.2 cm³/mol. The van der Waals surface area contributed by atoms with Gasteiger partial charge in [-0.2, -0.15) is 0 Å². The monoisotopic (exact) mass is 196 g/mol. The van der Waals surface area contributed by atoms with Gasteiger partial charge in [0.05, 0.1) is 6.04 Å². The third-order valence-electron chi connectivity index (χ3n) is 3.72. The van der Waals surface area contributed by atoms with Gasteiger partial charge in [-0.15, -0.1) is 0 Å². The zero-order valence-electron chi connectivity index (χ0n) is 9.12. The topological polar surface area (TPSA) is 32.3 Å². The summed E-state index contributed by atoms with van der Waals surface area (Å²) >= 11 is 0. The van der Waals surface area contributed by atoms with Crippen molar-refractivity contribution in [3.63, 3.8) is 0 Å². The Morgan fingerprint density at radius 2 is 2.29 bits per heavy atom. The van der Waals surface area contributed by atoms with Crippen LogP contribution in [0.25, 0.3) is 0 Å². The lowest BCUT2D eigenvalue weighted by Crippen LogP contribution is -2.39. The maximum atomic E-state index is 11.9. The average molecular weight is 196 g/mol. The van der Waals surface area contributed by atoms with E-state index < -0.39 is 0 Å². The van der Waals surface area contributed by atoms with Crippen molar-refractivity contribution in [3.8, 4) is 0 Å². The smallest absolute Gasteiger partial charge is 0.150 e. The minimum absolute atomic E-state index is 0.213. The highest BCUT2D eigenvalue weighted by atomic mass is 16.1. The second-order valence-corrected chi connectivity index (χ2v) is 4.37. The molecule has 0 bridgehead atoms. The first kappa shape index (κ1) is 10.1. The number of Topliss-reactive ketones (excluding diaryl/α,β-unsaturated/α-hetero) is 1. The summed E-state index contributed by atoms with van der Waals surface area (Å²) in [5, 5.41) is 3.50. The standard InChI is InChI=1S/C11H20N2O/c1-3-10(14)11-8-5-6-12-9(8)7-13(11)4-2/h8-9,11-12H,3-7H2,1-2H3. The van der Waals surface area contributed by atoms with Crippen molar-refractivity contribution in [1.29, 1.82) is 0 Å². The minimum atomic E-state index is 0.213. The maximum Gasteiger partial charge on any atom is 0.150 e. The number of nitrogens with zero attached hydrogens (tertiary/aromatic N) is 1. The molecular weight excluding hydrogens is 176 g/mol. The molecule has 3 unspecified atom stereocenters. The van der Waals surface area contributed by atoms with Crippen LogP contribution in [0.2, 0.25) is 0 Å². The van der Waals surface area contributed by atoms with Crippen molar-refractivity contribution in [2.75, 3.05) is 19.6 Å². The van der Waals surface area contributed by atoms with Crippen molar-refractivity contribution in [1.82, 2.24) is 10.2 Å². The summed E-state index contributed by atoms with van der Waals surface area (Å²) in [6.07, 6.45) is 1.86. The molecule has 0 amide bonds. The van der Waals surface area contributed by atoms with E-state index in [9.17, 15) is 4.79 Å². The number of hydrogen-bond donors (Lipinski definition) is 1. The third-order valence-corrected chi connectivity index (χ3v) is 3.72. The fraction of sp³-hybridized carbons (Fsp3) is 0.909. The highest BCUT2D eigenvalue weighted by Crippen LogP contribution is 2.31. The van der Waals surface area contributed by atoms with Gasteiger partial charge in [-0.25, -0.2) is 0 Å². The van der Waals surface area contributed by atoms with E-state index >= 15 is 0 Å². The van der Waals surface area contributed by atoms with Crippen LogP contribution >= 0.6 is 0 Å². The summed E-state index contributed by atoms with van der Waals surface area (Å²) in [4.78, 5) is 14.2. The molecule has 3 atom stereocenters. The van der Waals surface area contributed by atoms with Crippen molar-refractivity contribution in [2.45, 2.75) is 38.8 Å². The van der Waals surface area contributed by atoms with E-state index in [4.69, 9.17) is 0 Å². The van der Waals surface area contributed by atoms with Crippen LogP contribution in [0, 0.1) is 5.92 Å². The Balaban J connectivity index is 2.13. The van der Waals surface area contributed by atoms with E-state index in [1.807, 2.05) is 6.92 Å². The van der Waals surface area contributed by atoms with Crippen molar-refractivity contribution < 1.29 is 4.79 Å². The Kier molecular flexibility index (Phi) is 2.88. The Morgan fingerprint density at radius 1 is 1.50 bits per heavy atom. The summed E-state index contributed by atoms with van der Waals surface area (Å²) < 4.78 is 0. The van der Waals surface area contributed by atoms with Gasteiger partial charge in [-0.1, -0.05) is 13.8 Å². The summed E-state index contributed by atoms with van der Waals surface area (Å²) in [6, 6.07) is 0.792. The fourth-order valence-corrected chi connectivity index (χ4v) is 2.98. The number of rotatable bonds is 3. The molecule has 0 radical (unpaired) electrons. The summed E-state index contributed by atoms with van der Waals surface area (Å²) in [5.41, 5.74) is 0. The van der Waals surface area contributed by atoms with E-state index in [0.29, 0.717) is 24.2 Å². The SMILES string of the molecule is CCC(=O)C1C2CCNC2CN1CC. The van der Waals surface area contributed by atoms with Gasteiger partial charge in [0.25, 0.3) is 0 Å². The lowest BCUT2D eigenvalue weighted by molar-refractivity contribution is -0.124. The number of ketones is 1. The Hall–Kier alpha value is -0.410. The Bertz CT molecular complexity index is 229. The van der Waals surface area contributed by atoms with Gasteiger partial charge < -0.3 is 5.32 Å². The van der Waals surface area contributed by atoms with Gasteiger partial charge in [0.1, 0.15) is 5.78 Å². The van der Waals surface area contributed by atoms with Crippen LogP contribution in [0.15, 0.2) is 0 Å². The van der Waals surface area contributed by atoms with Crippen LogP contribution in [0.3, 0.4) is 0 Å². The molecule has 2 rings (SSSR count). The van der Waals surface area contributed by atoms with Crippen LogP contribution in [-0.4, -0.2) is 42.4 Å². The minimum Gasteiger partial charge on any atom is -0.312 e. The molecule has 0 spiro atoms. The van der Waals surface area contributed by atoms with Gasteiger partial charge in [0.15, 0.2) is 0 Å². The number of likely N-dealkylation sites (N-methyl/N-ethyl adjacent to an activating group) is 1. The number of carbonyl (C=O) groups excluding carboxylic acids is 1. The average Bonchev–Trinajstić information content (AvgIpc) is 2.74. The largest absolute Gasteiger partial charge is 0.312 e. The first-order valence-corrected chi connectivity index (χ1v) is 5.78. The number of hydrogen-bond acceptors (Lipinski definition) is 3. The zero-order chi connectivity index (χ0) is 10.1. The number of fused-ring (bicyclic) bond motifs is 1. The molecule has 2 saturated heterocycles. The molecule has 14 heavy (non-hydrogen) atoms. The van der Waals surface area contributed by atoms with Crippen molar-refractivity contribution in [3.05, 3.63) is 0 Å². The molecule has 0 aromatic heterocycles. The molecule has 0 aliphatic carbocycles. The predicted octanol–water partition coefficient (Wildman–Crippen LogP) is 0.648. The van der Waals surface area contributed by atoms with E-state index in [0.717, 1.165) is 19.6 Å². The van der Waals surface area contributed by atoms with Gasteiger partial charge in [0, 0.05) is 19.0 Å². The van der Waals surface area contributed by atoms with Gasteiger partial charge in [-0.3, -0.25) is 9.69 Å². The van der Waals surface area contributed by atoms with Gasteiger partial charge in [0.2, 0.25) is 0 Å². The second-order valence-electron chi connectivity index (χ2n) is 4.37. The maximum absolute atomic E-state index is 11.9. The summed E-state index contributed by atoms with van der Waals surface area (Å²) in [5.74, 6) is 1.02.